The third kappa shape index (κ3) is 2.69. The first-order chi connectivity index (χ1) is 11.2. The van der Waals surface area contributed by atoms with Crippen LogP contribution >= 0.6 is 0 Å². The maximum Gasteiger partial charge on any atom is 0.298 e. The van der Waals surface area contributed by atoms with Gasteiger partial charge in [-0.15, -0.1) is 0 Å². The fourth-order valence-corrected chi connectivity index (χ4v) is 2.72. The molecule has 3 aromatic rings. The molecular weight excluding hydrogens is 302 g/mol. The molecule has 23 heavy (non-hydrogen) atoms. The van der Waals surface area contributed by atoms with E-state index in [0.717, 1.165) is 0 Å². The smallest absolute Gasteiger partial charge is 0.298 e. The van der Waals surface area contributed by atoms with Crippen molar-refractivity contribution in [2.45, 2.75) is 0 Å². The van der Waals surface area contributed by atoms with Gasteiger partial charge in [0.1, 0.15) is 17.2 Å². The lowest BCUT2D eigenvalue weighted by atomic mass is 10.3. The van der Waals surface area contributed by atoms with E-state index in [4.69, 9.17) is 4.42 Å². The summed E-state index contributed by atoms with van der Waals surface area (Å²) < 4.78 is 32.1. The Labute approximate surface area is 131 Å². The Morgan fingerprint density at radius 3 is 2.48 bits per heavy atom. The Bertz CT molecular complexity index is 843. The molecule has 0 aliphatic carbocycles. The van der Waals surface area contributed by atoms with E-state index in [0.29, 0.717) is 49.1 Å². The second-order valence-electron chi connectivity index (χ2n) is 5.40. The van der Waals surface area contributed by atoms with Gasteiger partial charge >= 0.3 is 0 Å². The van der Waals surface area contributed by atoms with E-state index < -0.39 is 5.95 Å². The lowest BCUT2D eigenvalue weighted by molar-refractivity contribution is 0.534. The highest BCUT2D eigenvalue weighted by molar-refractivity contribution is 5.74. The average Bonchev–Trinajstić information content (AvgIpc) is 2.98. The quantitative estimate of drug-likeness (QED) is 0.680. The van der Waals surface area contributed by atoms with Crippen LogP contribution in [0.1, 0.15) is 0 Å². The van der Waals surface area contributed by atoms with Gasteiger partial charge in [0, 0.05) is 32.2 Å². The molecule has 0 radical (unpaired) electrons. The van der Waals surface area contributed by atoms with Gasteiger partial charge in [-0.3, -0.25) is 0 Å². The number of oxazole rings is 1. The summed E-state index contributed by atoms with van der Waals surface area (Å²) in [5, 5.41) is 0. The highest BCUT2D eigenvalue weighted by Crippen LogP contribution is 2.24. The molecule has 1 aliphatic heterocycles. The third-order valence-electron chi connectivity index (χ3n) is 3.91. The summed E-state index contributed by atoms with van der Waals surface area (Å²) in [6, 6.07) is 9.56. The Kier molecular flexibility index (Phi) is 3.33. The number of piperazine rings is 1. The van der Waals surface area contributed by atoms with Crippen molar-refractivity contribution in [2.24, 2.45) is 0 Å². The van der Waals surface area contributed by atoms with Crippen LogP contribution in [0.25, 0.3) is 11.1 Å². The van der Waals surface area contributed by atoms with E-state index in [1.54, 1.807) is 18.2 Å². The minimum atomic E-state index is -0.481. The van der Waals surface area contributed by atoms with Crippen LogP contribution in [0.3, 0.4) is 0 Å². The number of nitrogens with zero attached hydrogens (tertiary/aromatic N) is 4. The van der Waals surface area contributed by atoms with Crippen LogP contribution in [0, 0.1) is 11.8 Å². The number of rotatable bonds is 2. The van der Waals surface area contributed by atoms with Crippen molar-refractivity contribution in [3.05, 3.63) is 48.2 Å². The largest absolute Gasteiger partial charge is 0.423 e. The van der Waals surface area contributed by atoms with Crippen LogP contribution < -0.4 is 9.80 Å². The predicted molar refractivity (Wildman–Crippen MR) is 82.6 cm³/mol. The van der Waals surface area contributed by atoms with E-state index in [-0.39, 0.29) is 5.82 Å². The average molecular weight is 316 g/mol. The van der Waals surface area contributed by atoms with Gasteiger partial charge in [0.25, 0.3) is 6.01 Å². The van der Waals surface area contributed by atoms with E-state index in [1.165, 1.54) is 18.2 Å². The fourth-order valence-electron chi connectivity index (χ4n) is 2.72. The van der Waals surface area contributed by atoms with E-state index in [9.17, 15) is 8.78 Å². The maximum atomic E-state index is 13.2. The number of aromatic nitrogens is 2. The fraction of sp³-hybridized carbons (Fsp3) is 0.250. The van der Waals surface area contributed by atoms with E-state index in [2.05, 4.69) is 9.97 Å². The monoisotopic (exact) mass is 316 g/mol. The van der Waals surface area contributed by atoms with Gasteiger partial charge in [0.05, 0.1) is 0 Å². The molecule has 2 aromatic heterocycles. The second-order valence-corrected chi connectivity index (χ2v) is 5.40. The second kappa shape index (κ2) is 5.49. The number of hydrogen-bond donors (Lipinski definition) is 0. The molecule has 1 fully saturated rings. The summed E-state index contributed by atoms with van der Waals surface area (Å²) in [5.41, 5.74) is 1.07. The topological polar surface area (TPSA) is 45.4 Å². The molecule has 0 N–H and O–H groups in total. The molecule has 0 unspecified atom stereocenters. The van der Waals surface area contributed by atoms with Crippen molar-refractivity contribution in [1.82, 2.24) is 9.97 Å². The SMILES string of the molecule is Fc1ccc2nc(N3CCN(c4cccc(F)n4)CC3)oc2c1. The van der Waals surface area contributed by atoms with Crippen LogP contribution in [0.2, 0.25) is 0 Å². The Morgan fingerprint density at radius 1 is 0.913 bits per heavy atom. The number of anilines is 2. The van der Waals surface area contributed by atoms with Gasteiger partial charge in [0.15, 0.2) is 5.58 Å². The Hall–Kier alpha value is -2.70. The van der Waals surface area contributed by atoms with Crippen molar-refractivity contribution in [1.29, 1.82) is 0 Å². The molecule has 0 spiro atoms. The van der Waals surface area contributed by atoms with Gasteiger partial charge in [-0.05, 0) is 24.3 Å². The standard InChI is InChI=1S/C16H14F2N4O/c17-11-4-5-12-13(10-11)23-16(19-12)22-8-6-21(7-9-22)15-3-1-2-14(18)20-15/h1-5,10H,6-9H2. The summed E-state index contributed by atoms with van der Waals surface area (Å²) in [7, 11) is 0. The van der Waals surface area contributed by atoms with Crippen LogP contribution in [-0.2, 0) is 0 Å². The van der Waals surface area contributed by atoms with Gasteiger partial charge in [0.2, 0.25) is 5.95 Å². The highest BCUT2D eigenvalue weighted by atomic mass is 19.1. The normalized spacial score (nSPS) is 15.4. The van der Waals surface area contributed by atoms with Crippen LogP contribution in [0.4, 0.5) is 20.6 Å². The van der Waals surface area contributed by atoms with Crippen LogP contribution in [-0.4, -0.2) is 36.1 Å². The van der Waals surface area contributed by atoms with Crippen molar-refractivity contribution in [2.75, 3.05) is 36.0 Å². The first-order valence-corrected chi connectivity index (χ1v) is 7.37. The summed E-state index contributed by atoms with van der Waals surface area (Å²) in [4.78, 5) is 12.3. The molecule has 0 bridgehead atoms. The zero-order chi connectivity index (χ0) is 15.8. The summed E-state index contributed by atoms with van der Waals surface area (Å²) in [6.07, 6.45) is 0. The predicted octanol–water partition coefficient (Wildman–Crippen LogP) is 2.83. The van der Waals surface area contributed by atoms with Gasteiger partial charge in [-0.2, -0.15) is 9.37 Å². The number of fused-ring (bicyclic) bond motifs is 1. The molecule has 7 heteroatoms. The number of hydrogen-bond acceptors (Lipinski definition) is 5. The maximum absolute atomic E-state index is 13.2. The molecule has 4 rings (SSSR count). The first-order valence-electron chi connectivity index (χ1n) is 7.37. The lowest BCUT2D eigenvalue weighted by Gasteiger charge is -2.34. The van der Waals surface area contributed by atoms with E-state index in [1.807, 2.05) is 9.80 Å². The molecule has 0 amide bonds. The number of halogens is 2. The number of pyridine rings is 1. The van der Waals surface area contributed by atoms with Gasteiger partial charge in [-0.1, -0.05) is 6.07 Å². The molecular formula is C16H14F2N4O. The van der Waals surface area contributed by atoms with Gasteiger partial charge < -0.3 is 14.2 Å². The lowest BCUT2D eigenvalue weighted by Crippen LogP contribution is -2.47. The Balaban J connectivity index is 1.50. The van der Waals surface area contributed by atoms with Gasteiger partial charge in [-0.25, -0.2) is 9.37 Å². The minimum absolute atomic E-state index is 0.345. The number of benzene rings is 1. The van der Waals surface area contributed by atoms with Crippen molar-refractivity contribution in [3.63, 3.8) is 0 Å². The third-order valence-corrected chi connectivity index (χ3v) is 3.91. The summed E-state index contributed by atoms with van der Waals surface area (Å²) in [6.45, 7) is 2.72. The van der Waals surface area contributed by atoms with Crippen LogP contribution in [0.15, 0.2) is 40.8 Å². The zero-order valence-corrected chi connectivity index (χ0v) is 12.2. The van der Waals surface area contributed by atoms with Crippen molar-refractivity contribution >= 4 is 22.9 Å². The van der Waals surface area contributed by atoms with Crippen LogP contribution in [0.5, 0.6) is 0 Å². The molecule has 1 saturated heterocycles. The summed E-state index contributed by atoms with van der Waals surface area (Å²) in [5.74, 6) is -0.197. The summed E-state index contributed by atoms with van der Waals surface area (Å²) >= 11 is 0. The Morgan fingerprint density at radius 2 is 1.70 bits per heavy atom. The molecule has 0 saturated carbocycles. The van der Waals surface area contributed by atoms with E-state index >= 15 is 0 Å². The molecule has 5 nitrogen and oxygen atoms in total. The van der Waals surface area contributed by atoms with Crippen molar-refractivity contribution in [3.8, 4) is 0 Å². The molecule has 118 valence electrons. The molecule has 0 atom stereocenters. The minimum Gasteiger partial charge on any atom is -0.423 e. The molecule has 1 aromatic carbocycles. The molecule has 3 heterocycles. The highest BCUT2D eigenvalue weighted by Gasteiger charge is 2.22. The molecule has 1 aliphatic rings. The zero-order valence-electron chi connectivity index (χ0n) is 12.2. The van der Waals surface area contributed by atoms with Crippen molar-refractivity contribution < 1.29 is 13.2 Å². The first kappa shape index (κ1) is 13.9.